The van der Waals surface area contributed by atoms with Crippen LogP contribution in [0, 0.1) is 24.1 Å². The number of aromatic nitrogens is 2. The lowest BCUT2D eigenvalue weighted by atomic mass is 9.84. The predicted octanol–water partition coefficient (Wildman–Crippen LogP) is 2.84. The van der Waals surface area contributed by atoms with Crippen LogP contribution in [0.5, 0.6) is 5.88 Å². The highest BCUT2D eigenvalue weighted by atomic mass is 79.9. The Labute approximate surface area is 128 Å². The van der Waals surface area contributed by atoms with Crippen molar-refractivity contribution in [2.75, 3.05) is 0 Å². The topological polar surface area (TPSA) is 87.7 Å². The molecule has 0 unspecified atom stereocenters. The Hall–Kier alpha value is -2.33. The molecule has 1 aliphatic rings. The molecule has 7 heteroatoms. The first-order chi connectivity index (χ1) is 10.0. The zero-order valence-electron chi connectivity index (χ0n) is 10.9. The van der Waals surface area contributed by atoms with Gasteiger partial charge in [-0.05, 0) is 40.5 Å². The highest BCUT2D eigenvalue weighted by Crippen LogP contribution is 2.43. The Kier molecular flexibility index (Phi) is 3.18. The van der Waals surface area contributed by atoms with E-state index in [1.54, 1.807) is 12.1 Å². The van der Waals surface area contributed by atoms with Gasteiger partial charge in [0.05, 0.1) is 10.4 Å². The van der Waals surface area contributed by atoms with E-state index in [1.165, 1.54) is 6.07 Å². The van der Waals surface area contributed by atoms with Gasteiger partial charge in [-0.25, -0.2) is 4.39 Å². The molecule has 1 aromatic heterocycles. The molecule has 1 aliphatic heterocycles. The van der Waals surface area contributed by atoms with Gasteiger partial charge in [0.25, 0.3) is 0 Å². The van der Waals surface area contributed by atoms with Crippen molar-refractivity contribution in [2.45, 2.75) is 12.8 Å². The molecule has 0 saturated heterocycles. The van der Waals surface area contributed by atoms with Gasteiger partial charge in [0, 0.05) is 11.3 Å². The monoisotopic (exact) mass is 348 g/mol. The van der Waals surface area contributed by atoms with Crippen LogP contribution in [0.4, 0.5) is 4.39 Å². The molecule has 0 radical (unpaired) electrons. The summed E-state index contributed by atoms with van der Waals surface area (Å²) < 4.78 is 19.1. The van der Waals surface area contributed by atoms with Crippen molar-refractivity contribution in [1.82, 2.24) is 10.2 Å². The summed E-state index contributed by atoms with van der Waals surface area (Å²) in [6.45, 7) is 1.83. The lowest BCUT2D eigenvalue weighted by Crippen LogP contribution is -2.21. The molecule has 1 aromatic carbocycles. The number of aryl methyl sites for hydroxylation is 1. The van der Waals surface area contributed by atoms with Gasteiger partial charge in [0.15, 0.2) is 0 Å². The standard InChI is InChI=1S/C14H10BrFN4O/c1-6-11-12(7-2-3-10(16)9(15)4-7)8(5-17)13(18)21-14(11)20-19-6/h2-4,12H,18H2,1H3,(H,19,20)/t12-/m0/s1. The van der Waals surface area contributed by atoms with E-state index in [-0.39, 0.29) is 17.3 Å². The number of rotatable bonds is 1. The molecule has 106 valence electrons. The van der Waals surface area contributed by atoms with Crippen LogP contribution < -0.4 is 10.5 Å². The molecule has 3 rings (SSSR count). The highest BCUT2D eigenvalue weighted by Gasteiger charge is 2.34. The van der Waals surface area contributed by atoms with Crippen molar-refractivity contribution in [3.8, 4) is 11.9 Å². The van der Waals surface area contributed by atoms with E-state index in [0.717, 1.165) is 16.8 Å². The Morgan fingerprint density at radius 2 is 2.29 bits per heavy atom. The number of ether oxygens (including phenoxy) is 1. The van der Waals surface area contributed by atoms with Gasteiger partial charge >= 0.3 is 0 Å². The van der Waals surface area contributed by atoms with Crippen LogP contribution in [0.2, 0.25) is 0 Å². The highest BCUT2D eigenvalue weighted by molar-refractivity contribution is 9.10. The number of nitriles is 1. The van der Waals surface area contributed by atoms with Crippen LogP contribution >= 0.6 is 15.9 Å². The number of fused-ring (bicyclic) bond motifs is 1. The molecular formula is C14H10BrFN4O. The summed E-state index contributed by atoms with van der Waals surface area (Å²) >= 11 is 3.16. The molecule has 1 atom stereocenters. The van der Waals surface area contributed by atoms with Gasteiger partial charge in [-0.3, -0.25) is 5.10 Å². The molecule has 0 fully saturated rings. The summed E-state index contributed by atoms with van der Waals surface area (Å²) in [6.07, 6.45) is 0. The van der Waals surface area contributed by atoms with E-state index < -0.39 is 5.92 Å². The predicted molar refractivity (Wildman–Crippen MR) is 76.7 cm³/mol. The maximum Gasteiger partial charge on any atom is 0.244 e. The van der Waals surface area contributed by atoms with Crippen LogP contribution in [-0.4, -0.2) is 10.2 Å². The first-order valence-electron chi connectivity index (χ1n) is 6.10. The number of benzene rings is 1. The lowest BCUT2D eigenvalue weighted by molar-refractivity contribution is 0.378. The second kappa shape index (κ2) is 4.90. The van der Waals surface area contributed by atoms with E-state index in [4.69, 9.17) is 10.5 Å². The number of hydrogen-bond acceptors (Lipinski definition) is 4. The van der Waals surface area contributed by atoms with Gasteiger partial charge in [0.1, 0.15) is 17.5 Å². The number of nitrogens with zero attached hydrogens (tertiary/aromatic N) is 2. The van der Waals surface area contributed by atoms with Crippen LogP contribution in [-0.2, 0) is 0 Å². The van der Waals surface area contributed by atoms with E-state index in [1.807, 2.05) is 6.92 Å². The average Bonchev–Trinajstić information content (AvgIpc) is 2.81. The number of allylic oxidation sites excluding steroid dienone is 1. The van der Waals surface area contributed by atoms with Crippen molar-refractivity contribution in [2.24, 2.45) is 5.73 Å². The molecule has 2 aromatic rings. The minimum atomic E-state index is -0.436. The Morgan fingerprint density at radius 3 is 2.95 bits per heavy atom. The molecule has 0 amide bonds. The molecule has 0 aliphatic carbocycles. The number of H-pyrrole nitrogens is 1. The van der Waals surface area contributed by atoms with Gasteiger partial charge in [-0.1, -0.05) is 6.07 Å². The third kappa shape index (κ3) is 2.08. The molecule has 0 spiro atoms. The van der Waals surface area contributed by atoms with Crippen molar-refractivity contribution in [3.05, 3.63) is 56.8 Å². The average molecular weight is 349 g/mol. The molecule has 3 N–H and O–H groups in total. The maximum absolute atomic E-state index is 13.4. The largest absolute Gasteiger partial charge is 0.420 e. The van der Waals surface area contributed by atoms with Gasteiger partial charge in [-0.15, -0.1) is 5.10 Å². The molecular weight excluding hydrogens is 339 g/mol. The third-order valence-electron chi connectivity index (χ3n) is 3.41. The summed E-state index contributed by atoms with van der Waals surface area (Å²) in [7, 11) is 0. The van der Waals surface area contributed by atoms with Crippen molar-refractivity contribution in [1.29, 1.82) is 5.26 Å². The number of nitrogens with one attached hydrogen (secondary N) is 1. The second-order valence-electron chi connectivity index (χ2n) is 4.67. The zero-order valence-corrected chi connectivity index (χ0v) is 12.5. The molecule has 0 saturated carbocycles. The van der Waals surface area contributed by atoms with E-state index in [0.29, 0.717) is 10.4 Å². The number of nitrogens with two attached hydrogens (primary N) is 1. The first kappa shape index (κ1) is 13.6. The fourth-order valence-corrected chi connectivity index (χ4v) is 2.82. The van der Waals surface area contributed by atoms with Crippen LogP contribution in [0.1, 0.15) is 22.7 Å². The summed E-state index contributed by atoms with van der Waals surface area (Å²) in [5.41, 5.74) is 8.33. The third-order valence-corrected chi connectivity index (χ3v) is 4.01. The molecule has 2 heterocycles. The SMILES string of the molecule is Cc1[nH]nc2c1[C@@H](c1ccc(F)c(Br)c1)C(C#N)=C(N)O2. The van der Waals surface area contributed by atoms with Crippen LogP contribution in [0.25, 0.3) is 0 Å². The molecule has 5 nitrogen and oxygen atoms in total. The Balaban J connectivity index is 2.24. The van der Waals surface area contributed by atoms with E-state index in [9.17, 15) is 9.65 Å². The molecule has 21 heavy (non-hydrogen) atoms. The summed E-state index contributed by atoms with van der Waals surface area (Å²) in [5.74, 6) is -0.448. The van der Waals surface area contributed by atoms with Crippen LogP contribution in [0.3, 0.4) is 0 Å². The number of halogens is 2. The van der Waals surface area contributed by atoms with Crippen LogP contribution in [0.15, 0.2) is 34.1 Å². The summed E-state index contributed by atoms with van der Waals surface area (Å²) in [5, 5.41) is 16.2. The Morgan fingerprint density at radius 1 is 1.52 bits per heavy atom. The summed E-state index contributed by atoms with van der Waals surface area (Å²) in [6, 6.07) is 6.67. The van der Waals surface area contributed by atoms with Crippen molar-refractivity contribution < 1.29 is 9.13 Å². The minimum absolute atomic E-state index is 0.0157. The van der Waals surface area contributed by atoms with Crippen molar-refractivity contribution in [3.63, 3.8) is 0 Å². The van der Waals surface area contributed by atoms with Gasteiger partial charge < -0.3 is 10.5 Å². The van der Waals surface area contributed by atoms with Gasteiger partial charge in [-0.2, -0.15) is 5.26 Å². The minimum Gasteiger partial charge on any atom is -0.420 e. The first-order valence-corrected chi connectivity index (χ1v) is 6.89. The maximum atomic E-state index is 13.4. The second-order valence-corrected chi connectivity index (χ2v) is 5.52. The smallest absolute Gasteiger partial charge is 0.244 e. The fourth-order valence-electron chi connectivity index (χ4n) is 2.42. The van der Waals surface area contributed by atoms with E-state index >= 15 is 0 Å². The normalized spacial score (nSPS) is 17.1. The quantitative estimate of drug-likeness (QED) is 0.829. The van der Waals surface area contributed by atoms with Gasteiger partial charge in [0.2, 0.25) is 11.8 Å². The molecule has 0 bridgehead atoms. The Bertz CT molecular complexity index is 806. The number of hydrogen-bond donors (Lipinski definition) is 2. The van der Waals surface area contributed by atoms with Crippen molar-refractivity contribution >= 4 is 15.9 Å². The van der Waals surface area contributed by atoms with E-state index in [2.05, 4.69) is 32.2 Å². The number of aromatic amines is 1. The lowest BCUT2D eigenvalue weighted by Gasteiger charge is -2.23. The fraction of sp³-hybridized carbons (Fsp3) is 0.143. The summed E-state index contributed by atoms with van der Waals surface area (Å²) in [4.78, 5) is 0. The zero-order chi connectivity index (χ0) is 15.1.